The van der Waals surface area contributed by atoms with Crippen molar-refractivity contribution in [1.82, 2.24) is 4.98 Å². The molecule has 2 aromatic heterocycles. The Kier molecular flexibility index (Phi) is 6.99. The van der Waals surface area contributed by atoms with E-state index in [1.165, 1.54) is 6.26 Å². The average Bonchev–Trinajstić information content (AvgIpc) is 3.10. The Hall–Kier alpha value is -3.99. The standard InChI is InChI=1S/C10H9NO4.C7H11N5O/c11-8-3-1-2-4-9(8)13-5-7-6-14-10(12)15-7;8-3-6(13)11-5-2-1-4(9)7(10)12-5/h1-4,6H,5,11H2;1-2H,3,8-9H2,(H3,10,11,12,13). The second-order valence-corrected chi connectivity index (χ2v) is 5.30. The van der Waals surface area contributed by atoms with Gasteiger partial charge in [0.05, 0.1) is 17.9 Å². The SMILES string of the molecule is NCC(=O)Nc1ccc(N)c(N)n1.Nc1ccccc1OCc1coc(=O)o1. The highest BCUT2D eigenvalue weighted by Crippen LogP contribution is 2.20. The van der Waals surface area contributed by atoms with Crippen LogP contribution in [0.2, 0.25) is 0 Å². The second-order valence-electron chi connectivity index (χ2n) is 5.30. The molecule has 1 amide bonds. The predicted octanol–water partition coefficient (Wildman–Crippen LogP) is 0.537. The summed E-state index contributed by atoms with van der Waals surface area (Å²) in [5.41, 5.74) is 22.5. The number of nitrogens with two attached hydrogens (primary N) is 4. The number of aromatic nitrogens is 1. The first-order chi connectivity index (χ1) is 13.4. The molecule has 0 bridgehead atoms. The Morgan fingerprint density at radius 3 is 2.46 bits per heavy atom. The van der Waals surface area contributed by atoms with Gasteiger partial charge in [0.2, 0.25) is 5.91 Å². The van der Waals surface area contributed by atoms with Crippen LogP contribution >= 0.6 is 0 Å². The van der Waals surface area contributed by atoms with Crippen LogP contribution in [0.3, 0.4) is 0 Å². The summed E-state index contributed by atoms with van der Waals surface area (Å²) in [7, 11) is 0. The second kappa shape index (κ2) is 9.64. The minimum atomic E-state index is -0.741. The average molecular weight is 388 g/mol. The van der Waals surface area contributed by atoms with Crippen molar-refractivity contribution in [1.29, 1.82) is 0 Å². The molecule has 0 aliphatic heterocycles. The molecular weight excluding hydrogens is 368 g/mol. The van der Waals surface area contributed by atoms with Crippen LogP contribution in [0, 0.1) is 0 Å². The number of pyridine rings is 1. The number of anilines is 4. The Morgan fingerprint density at radius 1 is 1.11 bits per heavy atom. The van der Waals surface area contributed by atoms with Crippen LogP contribution in [0.1, 0.15) is 5.76 Å². The molecule has 0 spiro atoms. The Labute approximate surface area is 159 Å². The maximum absolute atomic E-state index is 10.8. The number of hydrogen-bond donors (Lipinski definition) is 5. The molecule has 3 rings (SSSR count). The third kappa shape index (κ3) is 6.07. The van der Waals surface area contributed by atoms with Crippen molar-refractivity contribution in [3.63, 3.8) is 0 Å². The van der Waals surface area contributed by atoms with Gasteiger partial charge in [-0.3, -0.25) is 4.79 Å². The van der Waals surface area contributed by atoms with Gasteiger partial charge in [-0.1, -0.05) is 12.1 Å². The van der Waals surface area contributed by atoms with Gasteiger partial charge in [-0.15, -0.1) is 0 Å². The van der Waals surface area contributed by atoms with E-state index in [0.29, 0.717) is 28.7 Å². The predicted molar refractivity (Wildman–Crippen MR) is 103 cm³/mol. The Morgan fingerprint density at radius 2 is 1.86 bits per heavy atom. The fraction of sp³-hybridized carbons (Fsp3) is 0.118. The number of benzene rings is 1. The van der Waals surface area contributed by atoms with Crippen LogP contribution in [-0.2, 0) is 11.4 Å². The van der Waals surface area contributed by atoms with Crippen molar-refractivity contribution in [2.45, 2.75) is 6.61 Å². The molecule has 0 radical (unpaired) electrons. The number of nitrogens with zero attached hydrogens (tertiary/aromatic N) is 1. The molecule has 0 aliphatic rings. The van der Waals surface area contributed by atoms with Gasteiger partial charge in [0.1, 0.15) is 30.3 Å². The molecular formula is C17H20N6O5. The lowest BCUT2D eigenvalue weighted by Crippen LogP contribution is -2.22. The van der Waals surface area contributed by atoms with Crippen molar-refractivity contribution in [2.24, 2.45) is 5.73 Å². The molecule has 11 nitrogen and oxygen atoms in total. The van der Waals surface area contributed by atoms with E-state index in [1.807, 2.05) is 0 Å². The van der Waals surface area contributed by atoms with E-state index in [9.17, 15) is 9.59 Å². The summed E-state index contributed by atoms with van der Waals surface area (Å²) < 4.78 is 14.4. The van der Waals surface area contributed by atoms with Crippen LogP contribution in [0.25, 0.3) is 0 Å². The van der Waals surface area contributed by atoms with E-state index in [2.05, 4.69) is 19.1 Å². The number of amides is 1. The number of rotatable bonds is 5. The molecule has 0 saturated heterocycles. The number of carbonyl (C=O) groups is 1. The van der Waals surface area contributed by atoms with Gasteiger partial charge in [-0.25, -0.2) is 9.78 Å². The zero-order chi connectivity index (χ0) is 20.5. The molecule has 3 aromatic rings. The normalized spacial score (nSPS) is 9.89. The largest absolute Gasteiger partial charge is 0.518 e. The number of ether oxygens (including phenoxy) is 1. The fourth-order valence-corrected chi connectivity index (χ4v) is 1.84. The first kappa shape index (κ1) is 20.3. The molecule has 0 aliphatic carbocycles. The summed E-state index contributed by atoms with van der Waals surface area (Å²) in [5, 5.41) is 2.45. The van der Waals surface area contributed by atoms with Gasteiger partial charge >= 0.3 is 5.82 Å². The molecule has 0 saturated carbocycles. The van der Waals surface area contributed by atoms with Gasteiger partial charge in [0, 0.05) is 0 Å². The maximum atomic E-state index is 10.8. The summed E-state index contributed by atoms with van der Waals surface area (Å²) in [6, 6.07) is 10.2. The van der Waals surface area contributed by atoms with Gasteiger partial charge in [0.15, 0.2) is 5.76 Å². The molecule has 28 heavy (non-hydrogen) atoms. The molecule has 9 N–H and O–H groups in total. The van der Waals surface area contributed by atoms with Gasteiger partial charge in [0.25, 0.3) is 0 Å². The highest BCUT2D eigenvalue weighted by molar-refractivity contribution is 5.91. The van der Waals surface area contributed by atoms with Crippen LogP contribution in [0.15, 0.2) is 56.3 Å². The van der Waals surface area contributed by atoms with Gasteiger partial charge < -0.3 is 41.8 Å². The summed E-state index contributed by atoms with van der Waals surface area (Å²) in [5.74, 6) is 0.341. The number of nitrogens with one attached hydrogen (secondary N) is 1. The van der Waals surface area contributed by atoms with E-state index in [1.54, 1.807) is 36.4 Å². The van der Waals surface area contributed by atoms with Crippen molar-refractivity contribution >= 4 is 28.9 Å². The minimum absolute atomic E-state index is 0.0913. The van der Waals surface area contributed by atoms with E-state index in [0.717, 1.165) is 0 Å². The van der Waals surface area contributed by atoms with Crippen LogP contribution in [-0.4, -0.2) is 17.4 Å². The van der Waals surface area contributed by atoms with Crippen molar-refractivity contribution in [3.8, 4) is 5.75 Å². The lowest BCUT2D eigenvalue weighted by molar-refractivity contribution is -0.114. The zero-order valence-corrected chi connectivity index (χ0v) is 14.8. The summed E-state index contributed by atoms with van der Waals surface area (Å²) in [6.45, 7) is 0.0198. The highest BCUT2D eigenvalue weighted by Gasteiger charge is 2.04. The highest BCUT2D eigenvalue weighted by atomic mass is 16.6. The van der Waals surface area contributed by atoms with Crippen molar-refractivity contribution in [3.05, 3.63) is 59.0 Å². The zero-order valence-electron chi connectivity index (χ0n) is 14.8. The Bertz CT molecular complexity index is 984. The number of para-hydroxylation sites is 2. The van der Waals surface area contributed by atoms with Gasteiger partial charge in [-0.05, 0) is 24.3 Å². The quantitative estimate of drug-likeness (QED) is 0.384. The lowest BCUT2D eigenvalue weighted by Gasteiger charge is -2.05. The topological polar surface area (TPSA) is 199 Å². The third-order valence-corrected chi connectivity index (χ3v) is 3.20. The molecule has 11 heteroatoms. The lowest BCUT2D eigenvalue weighted by atomic mass is 10.3. The molecule has 0 fully saturated rings. The molecule has 2 heterocycles. The summed E-state index contributed by atoms with van der Waals surface area (Å²) >= 11 is 0. The van der Waals surface area contributed by atoms with E-state index < -0.39 is 5.82 Å². The molecule has 0 unspecified atom stereocenters. The number of hydrogen-bond acceptors (Lipinski definition) is 10. The van der Waals surface area contributed by atoms with Crippen LogP contribution < -0.4 is 38.8 Å². The van der Waals surface area contributed by atoms with Crippen molar-refractivity contribution < 1.29 is 18.4 Å². The van der Waals surface area contributed by atoms with E-state index >= 15 is 0 Å². The third-order valence-electron chi connectivity index (χ3n) is 3.20. The smallest absolute Gasteiger partial charge is 0.483 e. The summed E-state index contributed by atoms with van der Waals surface area (Å²) in [6.07, 6.45) is 1.21. The van der Waals surface area contributed by atoms with E-state index in [4.69, 9.17) is 27.7 Å². The first-order valence-corrected chi connectivity index (χ1v) is 7.95. The molecule has 1 aromatic carbocycles. The monoisotopic (exact) mass is 388 g/mol. The first-order valence-electron chi connectivity index (χ1n) is 7.95. The number of carbonyl (C=O) groups excluding carboxylic acids is 1. The van der Waals surface area contributed by atoms with Crippen LogP contribution in [0.4, 0.5) is 23.0 Å². The minimum Gasteiger partial charge on any atom is -0.483 e. The molecule has 148 valence electrons. The number of nitrogen functional groups attached to an aromatic ring is 3. The maximum Gasteiger partial charge on any atom is 0.518 e. The summed E-state index contributed by atoms with van der Waals surface area (Å²) in [4.78, 5) is 25.2. The fourth-order valence-electron chi connectivity index (χ4n) is 1.84. The van der Waals surface area contributed by atoms with Gasteiger partial charge in [-0.2, -0.15) is 0 Å². The van der Waals surface area contributed by atoms with Crippen LogP contribution in [0.5, 0.6) is 5.75 Å². The Balaban J connectivity index is 0.000000203. The molecule has 0 atom stereocenters. The van der Waals surface area contributed by atoms with E-state index in [-0.39, 0.29) is 24.9 Å². The van der Waals surface area contributed by atoms with Crippen molar-refractivity contribution in [2.75, 3.05) is 29.1 Å².